The highest BCUT2D eigenvalue weighted by molar-refractivity contribution is 8.00. The van der Waals surface area contributed by atoms with Crippen LogP contribution in [0.3, 0.4) is 0 Å². The summed E-state index contributed by atoms with van der Waals surface area (Å²) < 4.78 is 13.1. The van der Waals surface area contributed by atoms with Crippen LogP contribution in [0.5, 0.6) is 0 Å². The number of anilines is 1. The van der Waals surface area contributed by atoms with Crippen molar-refractivity contribution in [3.8, 4) is 0 Å². The van der Waals surface area contributed by atoms with Crippen molar-refractivity contribution in [2.24, 2.45) is 0 Å². The van der Waals surface area contributed by atoms with Gasteiger partial charge in [0, 0.05) is 42.8 Å². The molecule has 1 heterocycles. The summed E-state index contributed by atoms with van der Waals surface area (Å²) in [7, 11) is 0. The Balaban J connectivity index is 1.61. The van der Waals surface area contributed by atoms with Gasteiger partial charge in [0.2, 0.25) is 5.91 Å². The van der Waals surface area contributed by atoms with Crippen LogP contribution in [-0.4, -0.2) is 54.7 Å². The van der Waals surface area contributed by atoms with E-state index in [0.717, 1.165) is 10.6 Å². The predicted molar refractivity (Wildman–Crippen MR) is 115 cm³/mol. The lowest BCUT2D eigenvalue weighted by Crippen LogP contribution is -2.48. The fraction of sp³-hybridized carbons (Fsp3) is 0.364. The van der Waals surface area contributed by atoms with Crippen molar-refractivity contribution in [3.63, 3.8) is 0 Å². The van der Waals surface area contributed by atoms with Gasteiger partial charge in [-0.2, -0.15) is 0 Å². The average molecular weight is 416 g/mol. The highest BCUT2D eigenvalue weighted by Crippen LogP contribution is 2.25. The normalized spacial score (nSPS) is 14.2. The maximum atomic E-state index is 13.1. The van der Waals surface area contributed by atoms with E-state index in [9.17, 15) is 14.0 Å². The van der Waals surface area contributed by atoms with E-state index in [1.54, 1.807) is 12.1 Å². The minimum atomic E-state index is -0.251. The van der Waals surface area contributed by atoms with Crippen LogP contribution in [0.4, 0.5) is 10.1 Å². The molecule has 1 saturated heterocycles. The highest BCUT2D eigenvalue weighted by atomic mass is 32.2. The number of hydrogen-bond donors (Lipinski definition) is 1. The number of nitrogens with zero attached hydrogens (tertiary/aromatic N) is 2. The topological polar surface area (TPSA) is 52.7 Å². The quantitative estimate of drug-likeness (QED) is 0.735. The smallest absolute Gasteiger partial charge is 0.255 e. The summed E-state index contributed by atoms with van der Waals surface area (Å²) in [4.78, 5) is 29.8. The molecule has 0 bridgehead atoms. The van der Waals surface area contributed by atoms with Crippen LogP contribution in [0, 0.1) is 5.82 Å². The second-order valence-corrected chi connectivity index (χ2v) is 8.28. The lowest BCUT2D eigenvalue weighted by molar-refractivity contribution is -0.119. The maximum absolute atomic E-state index is 13.1. The molecule has 0 radical (unpaired) electrons. The van der Waals surface area contributed by atoms with Crippen LogP contribution in [0.25, 0.3) is 0 Å². The molecule has 2 aromatic rings. The third-order valence-electron chi connectivity index (χ3n) is 4.68. The van der Waals surface area contributed by atoms with E-state index in [4.69, 9.17) is 0 Å². The Morgan fingerprint density at radius 1 is 1.03 bits per heavy atom. The minimum Gasteiger partial charge on any atom is -0.368 e. The van der Waals surface area contributed by atoms with Gasteiger partial charge in [-0.1, -0.05) is 12.1 Å². The summed E-state index contributed by atoms with van der Waals surface area (Å²) >= 11 is 1.38. The lowest BCUT2D eigenvalue weighted by atomic mass is 10.1. The van der Waals surface area contributed by atoms with Gasteiger partial charge in [-0.3, -0.25) is 9.59 Å². The van der Waals surface area contributed by atoms with Crippen molar-refractivity contribution in [1.82, 2.24) is 10.2 Å². The number of carbonyl (C=O) groups is 2. The molecule has 0 atom stereocenters. The zero-order valence-electron chi connectivity index (χ0n) is 16.7. The average Bonchev–Trinajstić information content (AvgIpc) is 2.72. The molecule has 3 rings (SSSR count). The van der Waals surface area contributed by atoms with Crippen molar-refractivity contribution in [2.45, 2.75) is 24.8 Å². The highest BCUT2D eigenvalue weighted by Gasteiger charge is 2.24. The van der Waals surface area contributed by atoms with Gasteiger partial charge in [0.25, 0.3) is 5.91 Å². The number of hydrogen-bond acceptors (Lipinski definition) is 4. The molecule has 0 aliphatic carbocycles. The Kier molecular flexibility index (Phi) is 7.14. The number of amides is 2. The van der Waals surface area contributed by atoms with E-state index >= 15 is 0 Å². The summed E-state index contributed by atoms with van der Waals surface area (Å²) in [6.45, 7) is 6.44. The molecule has 1 aliphatic rings. The van der Waals surface area contributed by atoms with Crippen LogP contribution in [0.15, 0.2) is 53.4 Å². The monoisotopic (exact) mass is 415 g/mol. The van der Waals surface area contributed by atoms with Gasteiger partial charge < -0.3 is 15.1 Å². The summed E-state index contributed by atoms with van der Waals surface area (Å²) in [5, 5.41) is 2.86. The first-order chi connectivity index (χ1) is 13.9. The summed E-state index contributed by atoms with van der Waals surface area (Å²) in [6, 6.07) is 14.0. The molecule has 0 spiro atoms. The van der Waals surface area contributed by atoms with E-state index < -0.39 is 0 Å². The number of halogens is 1. The number of rotatable bonds is 6. The first-order valence-corrected chi connectivity index (χ1v) is 10.7. The molecule has 5 nitrogen and oxygen atoms in total. The number of carbonyl (C=O) groups excluding carboxylic acids is 2. The van der Waals surface area contributed by atoms with Gasteiger partial charge in [0.15, 0.2) is 0 Å². The van der Waals surface area contributed by atoms with Crippen LogP contribution < -0.4 is 10.2 Å². The number of nitrogens with one attached hydrogen (secondary N) is 1. The molecule has 29 heavy (non-hydrogen) atoms. The van der Waals surface area contributed by atoms with Gasteiger partial charge in [0.05, 0.1) is 11.3 Å². The van der Waals surface area contributed by atoms with Crippen LogP contribution >= 0.6 is 11.8 Å². The van der Waals surface area contributed by atoms with Gasteiger partial charge in [-0.25, -0.2) is 4.39 Å². The Morgan fingerprint density at radius 3 is 2.34 bits per heavy atom. The molecule has 2 aromatic carbocycles. The van der Waals surface area contributed by atoms with Crippen molar-refractivity contribution < 1.29 is 14.0 Å². The van der Waals surface area contributed by atoms with Crippen molar-refractivity contribution in [2.75, 3.05) is 36.8 Å². The molecular formula is C22H26FN3O2S. The Morgan fingerprint density at radius 2 is 1.69 bits per heavy atom. The molecular weight excluding hydrogens is 389 g/mol. The standard InChI is InChI=1S/C22H26FN3O2S/c1-16(2)24-21(27)15-29-20-6-4-3-5-19(20)22(28)26-13-11-25(12-14-26)18-9-7-17(23)8-10-18/h3-10,16H,11-15H2,1-2H3,(H,24,27). The molecule has 1 aliphatic heterocycles. The van der Waals surface area contributed by atoms with E-state index in [-0.39, 0.29) is 29.4 Å². The van der Waals surface area contributed by atoms with Crippen molar-refractivity contribution >= 4 is 29.3 Å². The maximum Gasteiger partial charge on any atom is 0.255 e. The van der Waals surface area contributed by atoms with Crippen molar-refractivity contribution in [3.05, 3.63) is 59.9 Å². The molecule has 7 heteroatoms. The SMILES string of the molecule is CC(C)NC(=O)CSc1ccccc1C(=O)N1CCN(c2ccc(F)cc2)CC1. The van der Waals surface area contributed by atoms with E-state index in [2.05, 4.69) is 10.2 Å². The summed E-state index contributed by atoms with van der Waals surface area (Å²) in [6.07, 6.45) is 0. The molecule has 2 amide bonds. The fourth-order valence-corrected chi connectivity index (χ4v) is 4.12. The van der Waals surface area contributed by atoms with Crippen LogP contribution in [0.2, 0.25) is 0 Å². The zero-order valence-corrected chi connectivity index (χ0v) is 17.5. The van der Waals surface area contributed by atoms with Gasteiger partial charge in [-0.05, 0) is 50.2 Å². The molecule has 0 unspecified atom stereocenters. The number of benzene rings is 2. The van der Waals surface area contributed by atoms with Gasteiger partial charge in [0.1, 0.15) is 5.82 Å². The first-order valence-electron chi connectivity index (χ1n) is 9.75. The molecule has 1 N–H and O–H groups in total. The molecule has 0 saturated carbocycles. The van der Waals surface area contributed by atoms with Crippen LogP contribution in [0.1, 0.15) is 24.2 Å². The van der Waals surface area contributed by atoms with Gasteiger partial charge in [-0.15, -0.1) is 11.8 Å². The molecule has 154 valence electrons. The fourth-order valence-electron chi connectivity index (χ4n) is 3.27. The Labute approximate surface area is 175 Å². The molecule has 0 aromatic heterocycles. The predicted octanol–water partition coefficient (Wildman–Crippen LogP) is 3.40. The number of piperazine rings is 1. The third-order valence-corrected chi connectivity index (χ3v) is 5.76. The molecule has 1 fully saturated rings. The second kappa shape index (κ2) is 9.78. The van der Waals surface area contributed by atoms with Crippen molar-refractivity contribution in [1.29, 1.82) is 0 Å². The first kappa shape index (κ1) is 21.2. The zero-order chi connectivity index (χ0) is 20.8. The Hall–Kier alpha value is -2.54. The Bertz CT molecular complexity index is 849. The van der Waals surface area contributed by atoms with E-state index in [1.807, 2.05) is 43.0 Å². The van der Waals surface area contributed by atoms with E-state index in [0.29, 0.717) is 31.7 Å². The van der Waals surface area contributed by atoms with Gasteiger partial charge >= 0.3 is 0 Å². The summed E-state index contributed by atoms with van der Waals surface area (Å²) in [5.41, 5.74) is 1.59. The second-order valence-electron chi connectivity index (χ2n) is 7.26. The van der Waals surface area contributed by atoms with Crippen LogP contribution in [-0.2, 0) is 4.79 Å². The third kappa shape index (κ3) is 5.73. The lowest BCUT2D eigenvalue weighted by Gasteiger charge is -2.36. The van der Waals surface area contributed by atoms with E-state index in [1.165, 1.54) is 23.9 Å². The summed E-state index contributed by atoms with van der Waals surface area (Å²) in [5.74, 6) is -0.0316. The largest absolute Gasteiger partial charge is 0.368 e. The number of thioether (sulfide) groups is 1. The minimum absolute atomic E-state index is 0.0175.